The molecule has 0 bridgehead atoms. The van der Waals surface area contributed by atoms with Gasteiger partial charge in [-0.05, 0) is 49.8 Å². The van der Waals surface area contributed by atoms with Crippen LogP contribution in [0, 0.1) is 11.5 Å². The van der Waals surface area contributed by atoms with Crippen LogP contribution < -0.4 is 5.19 Å². The van der Waals surface area contributed by atoms with Gasteiger partial charge in [0.2, 0.25) is 0 Å². The van der Waals surface area contributed by atoms with Gasteiger partial charge in [0.1, 0.15) is 0 Å². The molecule has 0 fully saturated rings. The number of thioether (sulfide) groups is 1. The maximum Gasteiger partial charge on any atom is 0.162 e. The van der Waals surface area contributed by atoms with Gasteiger partial charge >= 0.3 is 0 Å². The Morgan fingerprint density at radius 2 is 1.46 bits per heavy atom. The summed E-state index contributed by atoms with van der Waals surface area (Å²) in [4.78, 5) is 0. The fourth-order valence-corrected chi connectivity index (χ4v) is 5.77. The van der Waals surface area contributed by atoms with Gasteiger partial charge in [-0.25, -0.2) is 0 Å². The lowest BCUT2D eigenvalue weighted by atomic mass is 10.1. The van der Waals surface area contributed by atoms with E-state index >= 15 is 0 Å². The lowest BCUT2D eigenvalue weighted by molar-refractivity contribution is 0.0800. The molecule has 0 spiro atoms. The summed E-state index contributed by atoms with van der Waals surface area (Å²) < 4.78 is 5.57. The van der Waals surface area contributed by atoms with Gasteiger partial charge in [0.05, 0.1) is 6.10 Å². The van der Waals surface area contributed by atoms with Gasteiger partial charge < -0.3 is 4.74 Å². The Kier molecular flexibility index (Phi) is 14.6. The average Bonchev–Trinajstić information content (AvgIpc) is 2.68. The zero-order chi connectivity index (χ0) is 20.5. The molecule has 0 aliphatic heterocycles. The van der Waals surface area contributed by atoms with Gasteiger partial charge in [0.15, 0.2) is 8.07 Å². The molecule has 0 radical (unpaired) electrons. The van der Waals surface area contributed by atoms with Gasteiger partial charge in [-0.1, -0.05) is 75.5 Å². The smallest absolute Gasteiger partial charge is 0.162 e. The molecule has 0 aromatic heterocycles. The van der Waals surface area contributed by atoms with E-state index in [9.17, 15) is 0 Å². The molecule has 1 aromatic carbocycles. The van der Waals surface area contributed by atoms with Crippen LogP contribution in [-0.2, 0) is 4.74 Å². The molecule has 0 atom stereocenters. The van der Waals surface area contributed by atoms with Crippen LogP contribution in [0.4, 0.5) is 0 Å². The van der Waals surface area contributed by atoms with Crippen molar-refractivity contribution >= 4 is 25.0 Å². The molecule has 0 unspecified atom stereocenters. The van der Waals surface area contributed by atoms with E-state index in [2.05, 4.69) is 80.5 Å². The molecule has 1 aromatic rings. The molecule has 0 saturated heterocycles. The predicted octanol–water partition coefficient (Wildman–Crippen LogP) is 6.81. The third-order valence-electron chi connectivity index (χ3n) is 4.87. The van der Waals surface area contributed by atoms with Crippen LogP contribution in [0.1, 0.15) is 71.6 Å². The minimum atomic E-state index is -1.56. The van der Waals surface area contributed by atoms with E-state index in [4.69, 9.17) is 4.74 Å². The first-order chi connectivity index (χ1) is 13.5. The topological polar surface area (TPSA) is 9.23 Å². The maximum atomic E-state index is 5.57. The number of benzene rings is 1. The monoisotopic (exact) mass is 418 g/mol. The summed E-state index contributed by atoms with van der Waals surface area (Å²) in [6, 6.07) is 10.8. The summed E-state index contributed by atoms with van der Waals surface area (Å²) in [6.45, 7) is 9.84. The molecule has 1 nitrogen and oxygen atoms in total. The van der Waals surface area contributed by atoms with Gasteiger partial charge in [-0.2, -0.15) is 11.8 Å². The number of hydrogen-bond acceptors (Lipinski definition) is 2. The Morgan fingerprint density at radius 1 is 0.857 bits per heavy atom. The fraction of sp³-hybridized carbons (Fsp3) is 0.680. The summed E-state index contributed by atoms with van der Waals surface area (Å²) in [5, 5.41) is 1.45. The first-order valence-electron chi connectivity index (χ1n) is 11.3. The van der Waals surface area contributed by atoms with Crippen molar-refractivity contribution in [3.63, 3.8) is 0 Å². The van der Waals surface area contributed by atoms with Crippen molar-refractivity contribution in [2.24, 2.45) is 0 Å². The van der Waals surface area contributed by atoms with Crippen LogP contribution in [0.5, 0.6) is 0 Å². The van der Waals surface area contributed by atoms with Crippen LogP contribution in [0.2, 0.25) is 13.1 Å². The maximum absolute atomic E-state index is 5.57. The van der Waals surface area contributed by atoms with Crippen molar-refractivity contribution in [2.75, 3.05) is 18.1 Å². The Bertz CT molecular complexity index is 545. The predicted molar refractivity (Wildman–Crippen MR) is 131 cm³/mol. The minimum absolute atomic E-state index is 0.375. The second-order valence-corrected chi connectivity index (χ2v) is 13.7. The highest BCUT2D eigenvalue weighted by atomic mass is 32.2. The van der Waals surface area contributed by atoms with E-state index in [-0.39, 0.29) is 0 Å². The van der Waals surface area contributed by atoms with E-state index in [0.29, 0.717) is 6.10 Å². The van der Waals surface area contributed by atoms with Crippen molar-refractivity contribution in [2.45, 2.75) is 90.8 Å². The lowest BCUT2D eigenvalue weighted by Gasteiger charge is -2.14. The van der Waals surface area contributed by atoms with E-state index in [1.54, 1.807) is 0 Å². The van der Waals surface area contributed by atoms with Gasteiger partial charge in [-0.3, -0.25) is 0 Å². The van der Waals surface area contributed by atoms with E-state index in [0.717, 1.165) is 13.0 Å². The quantitative estimate of drug-likeness (QED) is 0.176. The molecule has 158 valence electrons. The summed E-state index contributed by atoms with van der Waals surface area (Å²) in [5.74, 6) is 6.04. The van der Waals surface area contributed by atoms with Crippen LogP contribution in [0.15, 0.2) is 30.3 Å². The second kappa shape index (κ2) is 16.1. The number of ether oxygens (including phenoxy) is 1. The molecule has 1 rings (SSSR count). The standard InChI is InChI=1S/C25H42OSSi/c1-24(2)26-20-17-22-27-21-15-10-8-6-5-7-9-11-16-23-28(3,4)25-18-13-12-14-19-25/h12-14,18-19,24H,5-11,15,17,20-22H2,1-4H3. The van der Waals surface area contributed by atoms with Crippen molar-refractivity contribution < 1.29 is 4.74 Å². The second-order valence-electron chi connectivity index (χ2n) is 8.40. The molecule has 0 amide bonds. The Labute approximate surface area is 180 Å². The highest BCUT2D eigenvalue weighted by Gasteiger charge is 2.19. The van der Waals surface area contributed by atoms with Crippen molar-refractivity contribution in [3.8, 4) is 11.5 Å². The van der Waals surface area contributed by atoms with E-state index in [1.165, 1.54) is 68.1 Å². The summed E-state index contributed by atoms with van der Waals surface area (Å²) in [7, 11) is -1.56. The first-order valence-corrected chi connectivity index (χ1v) is 15.4. The molecule has 0 aliphatic rings. The highest BCUT2D eigenvalue weighted by molar-refractivity contribution is 7.99. The molecule has 28 heavy (non-hydrogen) atoms. The summed E-state index contributed by atoms with van der Waals surface area (Å²) in [5.41, 5.74) is 3.60. The normalized spacial score (nSPS) is 11.5. The average molecular weight is 419 g/mol. The molecule has 0 heterocycles. The van der Waals surface area contributed by atoms with Crippen molar-refractivity contribution in [1.82, 2.24) is 0 Å². The minimum Gasteiger partial charge on any atom is -0.379 e. The zero-order valence-electron chi connectivity index (χ0n) is 18.8. The molecule has 0 N–H and O–H groups in total. The summed E-state index contributed by atoms with van der Waals surface area (Å²) >= 11 is 2.09. The van der Waals surface area contributed by atoms with Crippen LogP contribution in [0.3, 0.4) is 0 Å². The van der Waals surface area contributed by atoms with E-state index < -0.39 is 8.07 Å². The van der Waals surface area contributed by atoms with Crippen LogP contribution in [0.25, 0.3) is 0 Å². The molecular formula is C25H42OSSi. The Hall–Kier alpha value is -0.693. The first kappa shape index (κ1) is 25.3. The summed E-state index contributed by atoms with van der Waals surface area (Å²) in [6.07, 6.45) is 12.2. The molecule has 3 heteroatoms. The number of hydrogen-bond donors (Lipinski definition) is 0. The number of rotatable bonds is 15. The highest BCUT2D eigenvalue weighted by Crippen LogP contribution is 2.12. The largest absolute Gasteiger partial charge is 0.379 e. The van der Waals surface area contributed by atoms with Gasteiger partial charge in [0.25, 0.3) is 0 Å². The molecule has 0 saturated carbocycles. The third-order valence-corrected chi connectivity index (χ3v) is 8.60. The number of unbranched alkanes of at least 4 members (excludes halogenated alkanes) is 7. The van der Waals surface area contributed by atoms with Crippen LogP contribution >= 0.6 is 11.8 Å². The van der Waals surface area contributed by atoms with E-state index in [1.807, 2.05) is 0 Å². The van der Waals surface area contributed by atoms with Gasteiger partial charge in [0, 0.05) is 13.0 Å². The fourth-order valence-electron chi connectivity index (χ4n) is 3.09. The Balaban J connectivity index is 1.90. The van der Waals surface area contributed by atoms with Gasteiger partial charge in [-0.15, -0.1) is 11.5 Å². The zero-order valence-corrected chi connectivity index (χ0v) is 20.6. The third kappa shape index (κ3) is 13.5. The SMILES string of the molecule is CC(C)OCCCSCCCCCCCCCC#C[Si](C)(C)c1ccccc1. The van der Waals surface area contributed by atoms with Crippen molar-refractivity contribution in [3.05, 3.63) is 30.3 Å². The van der Waals surface area contributed by atoms with Crippen molar-refractivity contribution in [1.29, 1.82) is 0 Å². The molecular weight excluding hydrogens is 376 g/mol. The Morgan fingerprint density at radius 3 is 2.14 bits per heavy atom. The van der Waals surface area contributed by atoms with Crippen LogP contribution in [-0.4, -0.2) is 32.3 Å². The molecule has 0 aliphatic carbocycles. The lowest BCUT2D eigenvalue weighted by Crippen LogP contribution is -2.39.